The zero-order valence-electron chi connectivity index (χ0n) is 14.8. The lowest BCUT2D eigenvalue weighted by molar-refractivity contribution is 0.102. The van der Waals surface area contributed by atoms with E-state index < -0.39 is 0 Å². The molecule has 0 unspecified atom stereocenters. The highest BCUT2D eigenvalue weighted by atomic mass is 19.1. The van der Waals surface area contributed by atoms with Crippen LogP contribution in [-0.4, -0.2) is 48.9 Å². The van der Waals surface area contributed by atoms with Crippen LogP contribution in [0.3, 0.4) is 0 Å². The number of aryl methyl sites for hydroxylation is 1. The first-order valence-corrected chi connectivity index (χ1v) is 8.58. The van der Waals surface area contributed by atoms with Crippen LogP contribution in [-0.2, 0) is 6.54 Å². The van der Waals surface area contributed by atoms with E-state index in [0.29, 0.717) is 23.4 Å². The SMILES string of the molecule is Cc1ccc(C(=O)Nc2ccc(CN3CCN(C)CC3)c(F)c2)cc1. The van der Waals surface area contributed by atoms with Gasteiger partial charge in [0.05, 0.1) is 0 Å². The molecule has 0 aliphatic carbocycles. The summed E-state index contributed by atoms with van der Waals surface area (Å²) >= 11 is 0. The third-order valence-electron chi connectivity index (χ3n) is 4.61. The van der Waals surface area contributed by atoms with Gasteiger partial charge < -0.3 is 10.2 Å². The summed E-state index contributed by atoms with van der Waals surface area (Å²) < 4.78 is 14.4. The molecule has 1 fully saturated rings. The minimum Gasteiger partial charge on any atom is -0.322 e. The Morgan fingerprint density at radius 1 is 1.08 bits per heavy atom. The highest BCUT2D eigenvalue weighted by Crippen LogP contribution is 2.18. The first-order chi connectivity index (χ1) is 12.0. The van der Waals surface area contributed by atoms with E-state index in [1.165, 1.54) is 6.07 Å². The maximum atomic E-state index is 14.4. The Kier molecular flexibility index (Phi) is 5.46. The second kappa shape index (κ2) is 7.76. The van der Waals surface area contributed by atoms with Crippen molar-refractivity contribution in [2.45, 2.75) is 13.5 Å². The summed E-state index contributed by atoms with van der Waals surface area (Å²) in [6, 6.07) is 12.2. The molecule has 1 amide bonds. The van der Waals surface area contributed by atoms with Crippen LogP contribution in [0.4, 0.5) is 10.1 Å². The monoisotopic (exact) mass is 341 g/mol. The molecule has 0 atom stereocenters. The van der Waals surface area contributed by atoms with Crippen molar-refractivity contribution in [2.24, 2.45) is 0 Å². The Balaban J connectivity index is 1.63. The smallest absolute Gasteiger partial charge is 0.255 e. The standard InChI is InChI=1S/C20H24FN3O/c1-15-3-5-16(6-4-15)20(25)22-18-8-7-17(19(21)13-18)14-24-11-9-23(2)10-12-24/h3-8,13H,9-12,14H2,1-2H3,(H,22,25). The second-order valence-corrected chi connectivity index (χ2v) is 6.71. The molecule has 0 saturated carbocycles. The Bertz CT molecular complexity index is 737. The molecule has 0 bridgehead atoms. The lowest BCUT2D eigenvalue weighted by Crippen LogP contribution is -2.44. The predicted molar refractivity (Wildman–Crippen MR) is 98.3 cm³/mol. The van der Waals surface area contributed by atoms with E-state index in [1.807, 2.05) is 19.1 Å². The molecule has 1 N–H and O–H groups in total. The number of amides is 1. The lowest BCUT2D eigenvalue weighted by atomic mass is 10.1. The van der Waals surface area contributed by atoms with Gasteiger partial charge in [0, 0.05) is 49.5 Å². The fourth-order valence-corrected chi connectivity index (χ4v) is 2.91. The quantitative estimate of drug-likeness (QED) is 0.928. The van der Waals surface area contributed by atoms with Crippen molar-refractivity contribution >= 4 is 11.6 Å². The molecule has 2 aromatic carbocycles. The van der Waals surface area contributed by atoms with E-state index in [0.717, 1.165) is 31.7 Å². The van der Waals surface area contributed by atoms with Crippen molar-refractivity contribution in [1.29, 1.82) is 0 Å². The number of halogens is 1. The predicted octanol–water partition coefficient (Wildman–Crippen LogP) is 3.13. The van der Waals surface area contributed by atoms with E-state index in [-0.39, 0.29) is 11.7 Å². The van der Waals surface area contributed by atoms with Gasteiger partial charge in [0.2, 0.25) is 0 Å². The fraction of sp³-hybridized carbons (Fsp3) is 0.350. The first-order valence-electron chi connectivity index (χ1n) is 8.58. The van der Waals surface area contributed by atoms with Crippen molar-refractivity contribution < 1.29 is 9.18 Å². The number of piperazine rings is 1. The Labute approximate surface area is 148 Å². The molecule has 1 saturated heterocycles. The summed E-state index contributed by atoms with van der Waals surface area (Å²) in [6.45, 7) is 6.48. The molecule has 4 nitrogen and oxygen atoms in total. The highest BCUT2D eigenvalue weighted by Gasteiger charge is 2.16. The minimum atomic E-state index is -0.277. The second-order valence-electron chi connectivity index (χ2n) is 6.71. The Morgan fingerprint density at radius 2 is 1.76 bits per heavy atom. The molecule has 1 aliphatic rings. The van der Waals surface area contributed by atoms with Gasteiger partial charge in [0.1, 0.15) is 5.82 Å². The first kappa shape index (κ1) is 17.6. The van der Waals surface area contributed by atoms with Crippen LogP contribution >= 0.6 is 0 Å². The number of rotatable bonds is 4. The summed E-state index contributed by atoms with van der Waals surface area (Å²) in [5, 5.41) is 2.76. The van der Waals surface area contributed by atoms with Gasteiger partial charge in [0.25, 0.3) is 5.91 Å². The van der Waals surface area contributed by atoms with Crippen LogP contribution in [0.1, 0.15) is 21.5 Å². The molecular weight excluding hydrogens is 317 g/mol. The average molecular weight is 341 g/mol. The summed E-state index contributed by atoms with van der Waals surface area (Å²) in [5.41, 5.74) is 2.80. The normalized spacial score (nSPS) is 16.0. The molecule has 2 aromatic rings. The number of nitrogens with zero attached hydrogens (tertiary/aromatic N) is 2. The Morgan fingerprint density at radius 3 is 2.40 bits per heavy atom. The van der Waals surface area contributed by atoms with Crippen LogP contribution < -0.4 is 5.32 Å². The van der Waals surface area contributed by atoms with Gasteiger partial charge in [-0.2, -0.15) is 0 Å². The van der Waals surface area contributed by atoms with Crippen LogP contribution in [0.25, 0.3) is 0 Å². The topological polar surface area (TPSA) is 35.6 Å². The van der Waals surface area contributed by atoms with Gasteiger partial charge >= 0.3 is 0 Å². The molecule has 5 heteroatoms. The summed E-state index contributed by atoms with van der Waals surface area (Å²) in [7, 11) is 2.10. The van der Waals surface area contributed by atoms with Gasteiger partial charge in [-0.15, -0.1) is 0 Å². The van der Waals surface area contributed by atoms with Gasteiger partial charge in [-0.3, -0.25) is 9.69 Å². The zero-order valence-corrected chi connectivity index (χ0v) is 14.8. The largest absolute Gasteiger partial charge is 0.322 e. The zero-order chi connectivity index (χ0) is 17.8. The molecule has 0 aromatic heterocycles. The molecule has 0 spiro atoms. The molecule has 25 heavy (non-hydrogen) atoms. The highest BCUT2D eigenvalue weighted by molar-refractivity contribution is 6.04. The third-order valence-corrected chi connectivity index (χ3v) is 4.61. The van der Waals surface area contributed by atoms with Crippen molar-refractivity contribution in [3.05, 3.63) is 65.0 Å². The number of benzene rings is 2. The lowest BCUT2D eigenvalue weighted by Gasteiger charge is -2.32. The summed E-state index contributed by atoms with van der Waals surface area (Å²) in [4.78, 5) is 16.8. The van der Waals surface area contributed by atoms with E-state index in [9.17, 15) is 9.18 Å². The van der Waals surface area contributed by atoms with E-state index in [4.69, 9.17) is 0 Å². The van der Waals surface area contributed by atoms with Crippen molar-refractivity contribution in [1.82, 2.24) is 9.80 Å². The van der Waals surface area contributed by atoms with Crippen LogP contribution in [0, 0.1) is 12.7 Å². The number of carbonyl (C=O) groups is 1. The number of likely N-dealkylation sites (N-methyl/N-ethyl adjacent to an activating group) is 1. The third kappa shape index (κ3) is 4.65. The molecule has 1 aliphatic heterocycles. The minimum absolute atomic E-state index is 0.230. The van der Waals surface area contributed by atoms with Gasteiger partial charge in [-0.25, -0.2) is 4.39 Å². The molecular formula is C20H24FN3O. The van der Waals surface area contributed by atoms with E-state index in [2.05, 4.69) is 22.2 Å². The van der Waals surface area contributed by atoms with Gasteiger partial charge in [0.15, 0.2) is 0 Å². The molecule has 132 valence electrons. The number of anilines is 1. The van der Waals surface area contributed by atoms with Gasteiger partial charge in [-0.1, -0.05) is 23.8 Å². The van der Waals surface area contributed by atoms with Crippen LogP contribution in [0.5, 0.6) is 0 Å². The average Bonchev–Trinajstić information content (AvgIpc) is 2.60. The summed E-state index contributed by atoms with van der Waals surface area (Å²) in [5.74, 6) is -0.508. The maximum Gasteiger partial charge on any atom is 0.255 e. The number of hydrogen-bond acceptors (Lipinski definition) is 3. The van der Waals surface area contributed by atoms with Crippen LogP contribution in [0.2, 0.25) is 0 Å². The molecule has 0 radical (unpaired) electrons. The van der Waals surface area contributed by atoms with Crippen molar-refractivity contribution in [3.63, 3.8) is 0 Å². The van der Waals surface area contributed by atoms with Gasteiger partial charge in [-0.05, 0) is 38.2 Å². The van der Waals surface area contributed by atoms with E-state index in [1.54, 1.807) is 24.3 Å². The number of hydrogen-bond donors (Lipinski definition) is 1. The number of carbonyl (C=O) groups excluding carboxylic acids is 1. The summed E-state index contributed by atoms with van der Waals surface area (Å²) in [6.07, 6.45) is 0. The fourth-order valence-electron chi connectivity index (χ4n) is 2.91. The number of nitrogens with one attached hydrogen (secondary N) is 1. The van der Waals surface area contributed by atoms with Crippen molar-refractivity contribution in [3.8, 4) is 0 Å². The van der Waals surface area contributed by atoms with Crippen LogP contribution in [0.15, 0.2) is 42.5 Å². The van der Waals surface area contributed by atoms with Crippen molar-refractivity contribution in [2.75, 3.05) is 38.5 Å². The Hall–Kier alpha value is -2.24. The maximum absolute atomic E-state index is 14.4. The van der Waals surface area contributed by atoms with E-state index >= 15 is 0 Å². The molecule has 3 rings (SSSR count). The molecule has 1 heterocycles.